The van der Waals surface area contributed by atoms with Gasteiger partial charge in [0, 0.05) is 25.7 Å². The average molecular weight is 311 g/mol. The Balaban J connectivity index is 2.34. The zero-order chi connectivity index (χ0) is 16.2. The molecular formula is C17H33N3O2. The minimum atomic E-state index is -0.326. The fraction of sp³-hybridized carbons (Fsp3) is 0.824. The summed E-state index contributed by atoms with van der Waals surface area (Å²) < 4.78 is 5.05. The molecule has 0 amide bonds. The highest BCUT2D eigenvalue weighted by Crippen LogP contribution is 2.10. The molecule has 1 fully saturated rings. The molecule has 0 unspecified atom stereocenters. The summed E-state index contributed by atoms with van der Waals surface area (Å²) in [6.45, 7) is 14.8. The van der Waals surface area contributed by atoms with Crippen LogP contribution in [0.5, 0.6) is 0 Å². The number of ether oxygens (including phenoxy) is 1. The van der Waals surface area contributed by atoms with Gasteiger partial charge in [-0.1, -0.05) is 33.3 Å². The van der Waals surface area contributed by atoms with Crippen LogP contribution in [0.3, 0.4) is 0 Å². The van der Waals surface area contributed by atoms with E-state index >= 15 is 0 Å². The van der Waals surface area contributed by atoms with Crippen molar-refractivity contribution < 1.29 is 9.53 Å². The summed E-state index contributed by atoms with van der Waals surface area (Å²) in [4.78, 5) is 18.5. The van der Waals surface area contributed by atoms with E-state index in [0.29, 0.717) is 6.61 Å². The van der Waals surface area contributed by atoms with Gasteiger partial charge < -0.3 is 4.74 Å². The molecule has 0 aromatic rings. The van der Waals surface area contributed by atoms with E-state index in [0.717, 1.165) is 33.0 Å². The predicted molar refractivity (Wildman–Crippen MR) is 90.3 cm³/mol. The van der Waals surface area contributed by atoms with Gasteiger partial charge in [0.15, 0.2) is 0 Å². The summed E-state index contributed by atoms with van der Waals surface area (Å²) in [5.74, 6) is -0.326. The number of unbranched alkanes of at least 4 members (excludes halogenated alkanes) is 2. The molecule has 1 rings (SSSR count). The van der Waals surface area contributed by atoms with Gasteiger partial charge in [0.2, 0.25) is 0 Å². The van der Waals surface area contributed by atoms with Crippen LogP contribution in [0.25, 0.3) is 0 Å². The quantitative estimate of drug-likeness (QED) is 0.333. The van der Waals surface area contributed by atoms with Crippen molar-refractivity contribution in [3.63, 3.8) is 0 Å². The number of carbonyl (C=O) groups excluding carboxylic acids is 1. The molecule has 0 radical (unpaired) electrons. The van der Waals surface area contributed by atoms with Crippen molar-refractivity contribution in [3.05, 3.63) is 12.7 Å². The summed E-state index contributed by atoms with van der Waals surface area (Å²) in [6, 6.07) is 0. The lowest BCUT2D eigenvalue weighted by molar-refractivity contribution is -0.138. The van der Waals surface area contributed by atoms with Gasteiger partial charge in [0.25, 0.3) is 0 Å². The smallest absolute Gasteiger partial charge is 0.330 e. The van der Waals surface area contributed by atoms with E-state index in [4.69, 9.17) is 4.74 Å². The maximum absolute atomic E-state index is 11.0. The monoisotopic (exact) mass is 311 g/mol. The van der Waals surface area contributed by atoms with Crippen molar-refractivity contribution in [2.45, 2.75) is 46.0 Å². The summed E-state index contributed by atoms with van der Waals surface area (Å²) in [6.07, 6.45) is 7.09. The highest BCUT2D eigenvalue weighted by molar-refractivity contribution is 5.81. The van der Waals surface area contributed by atoms with Crippen molar-refractivity contribution in [2.24, 2.45) is 0 Å². The number of hydrogen-bond donors (Lipinski definition) is 0. The molecule has 5 nitrogen and oxygen atoms in total. The number of rotatable bonds is 11. The third-order valence-corrected chi connectivity index (χ3v) is 3.89. The van der Waals surface area contributed by atoms with Crippen molar-refractivity contribution in [1.29, 1.82) is 0 Å². The van der Waals surface area contributed by atoms with Crippen LogP contribution in [0.4, 0.5) is 0 Å². The summed E-state index contributed by atoms with van der Waals surface area (Å²) in [7, 11) is 0. The Morgan fingerprint density at radius 2 is 1.41 bits per heavy atom. The van der Waals surface area contributed by atoms with Gasteiger partial charge in [0.1, 0.15) is 0 Å². The zero-order valence-corrected chi connectivity index (χ0v) is 14.4. The van der Waals surface area contributed by atoms with Crippen LogP contribution in [0.15, 0.2) is 12.7 Å². The molecule has 0 spiro atoms. The van der Waals surface area contributed by atoms with Crippen molar-refractivity contribution in [1.82, 2.24) is 14.7 Å². The number of carbonyl (C=O) groups is 1. The summed E-state index contributed by atoms with van der Waals surface area (Å²) >= 11 is 0. The van der Waals surface area contributed by atoms with Crippen LogP contribution >= 0.6 is 0 Å². The lowest BCUT2D eigenvalue weighted by atomic mass is 10.3. The molecule has 0 N–H and O–H groups in total. The molecule has 0 aromatic heterocycles. The Labute approximate surface area is 135 Å². The minimum Gasteiger partial charge on any atom is -0.462 e. The Bertz CT molecular complexity index is 307. The second kappa shape index (κ2) is 11.6. The van der Waals surface area contributed by atoms with E-state index in [1.807, 2.05) is 0 Å². The van der Waals surface area contributed by atoms with Crippen molar-refractivity contribution in [3.8, 4) is 0 Å². The molecule has 0 saturated carbocycles. The van der Waals surface area contributed by atoms with E-state index in [1.54, 1.807) is 0 Å². The lowest BCUT2D eigenvalue weighted by Gasteiger charge is -2.42. The molecule has 128 valence electrons. The van der Waals surface area contributed by atoms with Crippen LogP contribution in [-0.2, 0) is 9.53 Å². The molecule has 1 aliphatic heterocycles. The second-order valence-electron chi connectivity index (χ2n) is 6.04. The molecule has 1 aliphatic rings. The largest absolute Gasteiger partial charge is 0.462 e. The lowest BCUT2D eigenvalue weighted by Crippen LogP contribution is -2.55. The molecule has 1 saturated heterocycles. The molecular weight excluding hydrogens is 278 g/mol. The highest BCUT2D eigenvalue weighted by Gasteiger charge is 2.22. The van der Waals surface area contributed by atoms with Crippen LogP contribution < -0.4 is 0 Å². The van der Waals surface area contributed by atoms with Gasteiger partial charge in [-0.2, -0.15) is 0 Å². The maximum atomic E-state index is 11.0. The maximum Gasteiger partial charge on any atom is 0.330 e. The topological polar surface area (TPSA) is 36.0 Å². The van der Waals surface area contributed by atoms with Crippen molar-refractivity contribution in [2.75, 3.05) is 46.2 Å². The summed E-state index contributed by atoms with van der Waals surface area (Å²) in [5.41, 5.74) is 0. The van der Waals surface area contributed by atoms with Crippen LogP contribution in [0, 0.1) is 0 Å². The SMILES string of the molecule is C=CC(=O)OCCCN1CN(CCCC)CN(CCCC)C1. The number of nitrogens with zero attached hydrogens (tertiary/aromatic N) is 3. The molecule has 0 bridgehead atoms. The third kappa shape index (κ3) is 7.92. The molecule has 0 aliphatic carbocycles. The van der Waals surface area contributed by atoms with Gasteiger partial charge in [-0.05, 0) is 19.3 Å². The highest BCUT2D eigenvalue weighted by atomic mass is 16.5. The predicted octanol–water partition coefficient (Wildman–Crippen LogP) is 2.50. The number of hydrogen-bond acceptors (Lipinski definition) is 5. The normalized spacial score (nSPS) is 17.5. The van der Waals surface area contributed by atoms with Gasteiger partial charge in [-0.25, -0.2) is 4.79 Å². The van der Waals surface area contributed by atoms with Gasteiger partial charge in [0.05, 0.1) is 26.6 Å². The van der Waals surface area contributed by atoms with E-state index in [2.05, 4.69) is 35.1 Å². The first kappa shape index (κ1) is 19.1. The Hall–Kier alpha value is -0.910. The van der Waals surface area contributed by atoms with Gasteiger partial charge in [-0.3, -0.25) is 14.7 Å². The third-order valence-electron chi connectivity index (χ3n) is 3.89. The minimum absolute atomic E-state index is 0.326. The molecule has 22 heavy (non-hydrogen) atoms. The van der Waals surface area contributed by atoms with Crippen molar-refractivity contribution >= 4 is 5.97 Å². The molecule has 5 heteroatoms. The fourth-order valence-electron chi connectivity index (χ4n) is 2.69. The van der Waals surface area contributed by atoms with Gasteiger partial charge in [-0.15, -0.1) is 0 Å². The van der Waals surface area contributed by atoms with Gasteiger partial charge >= 0.3 is 5.97 Å². The Morgan fingerprint density at radius 3 is 1.82 bits per heavy atom. The van der Waals surface area contributed by atoms with Crippen LogP contribution in [0.2, 0.25) is 0 Å². The molecule has 0 aromatic carbocycles. The van der Waals surface area contributed by atoms with Crippen LogP contribution in [-0.4, -0.2) is 66.9 Å². The Morgan fingerprint density at radius 1 is 0.955 bits per heavy atom. The standard InChI is InChI=1S/C17H33N3O2/c1-4-7-10-18-14-19(11-8-5-2)16-20(15-18)12-9-13-22-17(21)6-3/h6H,3-5,7-16H2,1-2H3. The van der Waals surface area contributed by atoms with E-state index in [9.17, 15) is 4.79 Å². The zero-order valence-electron chi connectivity index (χ0n) is 14.4. The van der Waals surface area contributed by atoms with E-state index in [1.165, 1.54) is 44.8 Å². The first-order valence-corrected chi connectivity index (χ1v) is 8.65. The Kier molecular flexibility index (Phi) is 10.1. The average Bonchev–Trinajstić information content (AvgIpc) is 2.54. The van der Waals surface area contributed by atoms with Crippen LogP contribution in [0.1, 0.15) is 46.0 Å². The molecule has 0 atom stereocenters. The molecule has 1 heterocycles. The van der Waals surface area contributed by atoms with E-state index in [-0.39, 0.29) is 5.97 Å². The number of esters is 1. The first-order valence-electron chi connectivity index (χ1n) is 8.65. The van der Waals surface area contributed by atoms with E-state index < -0.39 is 0 Å². The first-order chi connectivity index (χ1) is 10.7. The summed E-state index contributed by atoms with van der Waals surface area (Å²) in [5, 5.41) is 0. The second-order valence-corrected chi connectivity index (χ2v) is 6.04. The fourth-order valence-corrected chi connectivity index (χ4v) is 2.69.